The summed E-state index contributed by atoms with van der Waals surface area (Å²) in [5.41, 5.74) is 5.19. The van der Waals surface area contributed by atoms with E-state index in [4.69, 9.17) is 4.74 Å². The molecule has 0 aliphatic heterocycles. The Balaban J connectivity index is 1.60. The van der Waals surface area contributed by atoms with Gasteiger partial charge in [-0.05, 0) is 29.7 Å². The van der Waals surface area contributed by atoms with Crippen molar-refractivity contribution < 1.29 is 9.53 Å². The Morgan fingerprint density at radius 3 is 2.48 bits per heavy atom. The first-order valence-corrected chi connectivity index (χ1v) is 8.28. The van der Waals surface area contributed by atoms with Crippen LogP contribution in [0.5, 0.6) is 0 Å². The summed E-state index contributed by atoms with van der Waals surface area (Å²) in [7, 11) is 5.64. The summed E-state index contributed by atoms with van der Waals surface area (Å²) in [6.45, 7) is 0. The third kappa shape index (κ3) is 3.56. The van der Waals surface area contributed by atoms with Crippen LogP contribution in [0, 0.1) is 5.92 Å². The number of hydrogen-bond donors (Lipinski definition) is 1. The number of amides is 1. The molecule has 1 fully saturated rings. The van der Waals surface area contributed by atoms with Crippen LogP contribution in [0.4, 0.5) is 5.69 Å². The first-order valence-electron chi connectivity index (χ1n) is 8.28. The van der Waals surface area contributed by atoms with Gasteiger partial charge in [0.15, 0.2) is 0 Å². The van der Waals surface area contributed by atoms with Gasteiger partial charge >= 0.3 is 0 Å². The third-order valence-electron chi connectivity index (χ3n) is 4.65. The van der Waals surface area contributed by atoms with Crippen LogP contribution in [0.15, 0.2) is 59.7 Å². The Bertz CT molecular complexity index is 756. The van der Waals surface area contributed by atoms with Gasteiger partial charge in [-0.2, -0.15) is 5.10 Å². The highest BCUT2D eigenvalue weighted by Gasteiger charge is 2.60. The van der Waals surface area contributed by atoms with E-state index in [0.717, 1.165) is 16.8 Å². The van der Waals surface area contributed by atoms with Crippen molar-refractivity contribution in [2.24, 2.45) is 11.0 Å². The van der Waals surface area contributed by atoms with Gasteiger partial charge in [0.1, 0.15) is 5.60 Å². The van der Waals surface area contributed by atoms with Crippen molar-refractivity contribution in [2.75, 3.05) is 26.1 Å². The van der Waals surface area contributed by atoms with Gasteiger partial charge in [-0.15, -0.1) is 0 Å². The van der Waals surface area contributed by atoms with E-state index in [1.54, 1.807) is 13.3 Å². The maximum absolute atomic E-state index is 12.4. The van der Waals surface area contributed by atoms with E-state index in [-0.39, 0.29) is 11.8 Å². The minimum absolute atomic E-state index is 0.119. The van der Waals surface area contributed by atoms with Crippen LogP contribution in [0.25, 0.3) is 0 Å². The Labute approximate surface area is 148 Å². The number of nitrogens with one attached hydrogen (secondary N) is 1. The lowest BCUT2D eigenvalue weighted by molar-refractivity contribution is -0.124. The minimum atomic E-state index is -0.520. The molecule has 0 unspecified atom stereocenters. The smallest absolute Gasteiger partial charge is 0.246 e. The van der Waals surface area contributed by atoms with Crippen molar-refractivity contribution in [3.05, 3.63) is 65.7 Å². The molecule has 2 aromatic carbocycles. The Morgan fingerprint density at radius 1 is 1.20 bits per heavy atom. The molecule has 0 spiro atoms. The molecule has 1 N–H and O–H groups in total. The zero-order chi connectivity index (χ0) is 17.9. The lowest BCUT2D eigenvalue weighted by Crippen LogP contribution is -2.25. The maximum atomic E-state index is 12.4. The van der Waals surface area contributed by atoms with Crippen molar-refractivity contribution in [3.8, 4) is 0 Å². The quantitative estimate of drug-likeness (QED) is 0.651. The molecule has 1 aliphatic carbocycles. The summed E-state index contributed by atoms with van der Waals surface area (Å²) in [6, 6.07) is 17.8. The summed E-state index contributed by atoms with van der Waals surface area (Å²) in [5.74, 6) is -0.333. The number of hydrogen-bond acceptors (Lipinski definition) is 4. The maximum Gasteiger partial charge on any atom is 0.246 e. The zero-order valence-electron chi connectivity index (χ0n) is 14.8. The standard InChI is InChI=1S/C20H23N3O2/c1-23(2)17-11-9-15(10-12-17)14-21-22-19(24)18-13-20(18,25-3)16-7-5-4-6-8-16/h4-12,14,18H,13H2,1-3H3,(H,22,24)/b21-14-/t18-,20-/m1/s1. The van der Waals surface area contributed by atoms with Crippen molar-refractivity contribution in [1.82, 2.24) is 5.43 Å². The van der Waals surface area contributed by atoms with Crippen molar-refractivity contribution in [2.45, 2.75) is 12.0 Å². The van der Waals surface area contributed by atoms with E-state index in [1.165, 1.54) is 0 Å². The predicted molar refractivity (Wildman–Crippen MR) is 99.7 cm³/mol. The second-order valence-electron chi connectivity index (χ2n) is 6.44. The molecule has 5 heteroatoms. The average molecular weight is 337 g/mol. The highest BCUT2D eigenvalue weighted by atomic mass is 16.5. The Hall–Kier alpha value is -2.66. The van der Waals surface area contributed by atoms with E-state index >= 15 is 0 Å². The molecule has 0 bridgehead atoms. The van der Waals surface area contributed by atoms with E-state index in [9.17, 15) is 4.79 Å². The lowest BCUT2D eigenvalue weighted by Gasteiger charge is -2.15. The summed E-state index contributed by atoms with van der Waals surface area (Å²) < 4.78 is 5.65. The molecule has 0 heterocycles. The molecule has 0 saturated heterocycles. The lowest BCUT2D eigenvalue weighted by atomic mass is 10.1. The number of nitrogens with zero attached hydrogens (tertiary/aromatic N) is 2. The van der Waals surface area contributed by atoms with Gasteiger partial charge in [-0.25, -0.2) is 5.43 Å². The van der Waals surface area contributed by atoms with Gasteiger partial charge in [-0.1, -0.05) is 42.5 Å². The molecule has 3 rings (SSSR count). The largest absolute Gasteiger partial charge is 0.378 e. The first kappa shape index (κ1) is 17.2. The number of hydrazone groups is 1. The molecule has 130 valence electrons. The van der Waals surface area contributed by atoms with Gasteiger partial charge < -0.3 is 9.64 Å². The van der Waals surface area contributed by atoms with Gasteiger partial charge in [0.2, 0.25) is 5.91 Å². The van der Waals surface area contributed by atoms with Crippen LogP contribution in [-0.2, 0) is 15.1 Å². The molecule has 5 nitrogen and oxygen atoms in total. The SMILES string of the molecule is CO[C@@]1(c2ccccc2)C[C@@H]1C(=O)N/N=C\c1ccc(N(C)C)cc1. The van der Waals surface area contributed by atoms with Crippen LogP contribution in [-0.4, -0.2) is 33.3 Å². The molecule has 2 atom stereocenters. The molecule has 1 saturated carbocycles. The fraction of sp³-hybridized carbons (Fsp3) is 0.300. The van der Waals surface area contributed by atoms with Crippen LogP contribution in [0.2, 0.25) is 0 Å². The minimum Gasteiger partial charge on any atom is -0.378 e. The summed E-state index contributed by atoms with van der Waals surface area (Å²) >= 11 is 0. The number of methoxy groups -OCH3 is 1. The number of carbonyl (C=O) groups is 1. The van der Waals surface area contributed by atoms with Crippen molar-refractivity contribution in [3.63, 3.8) is 0 Å². The van der Waals surface area contributed by atoms with E-state index in [1.807, 2.05) is 73.6 Å². The van der Waals surface area contributed by atoms with Crippen LogP contribution >= 0.6 is 0 Å². The van der Waals surface area contributed by atoms with Crippen molar-refractivity contribution >= 4 is 17.8 Å². The molecule has 1 aliphatic rings. The highest BCUT2D eigenvalue weighted by molar-refractivity contribution is 5.86. The van der Waals surface area contributed by atoms with Crippen LogP contribution in [0.1, 0.15) is 17.5 Å². The zero-order valence-corrected chi connectivity index (χ0v) is 14.8. The predicted octanol–water partition coefficient (Wildman–Crippen LogP) is 2.76. The van der Waals surface area contributed by atoms with Crippen LogP contribution in [0.3, 0.4) is 0 Å². The average Bonchev–Trinajstić information content (AvgIpc) is 3.39. The number of carbonyl (C=O) groups excluding carboxylic acids is 1. The van der Waals surface area contributed by atoms with Crippen molar-refractivity contribution in [1.29, 1.82) is 0 Å². The van der Waals surface area contributed by atoms with E-state index < -0.39 is 5.60 Å². The Kier molecular flexibility index (Phi) is 4.86. The number of rotatable bonds is 6. The van der Waals surface area contributed by atoms with Gasteiger partial charge in [-0.3, -0.25) is 4.79 Å². The molecule has 25 heavy (non-hydrogen) atoms. The number of ether oxygens (including phenoxy) is 1. The summed E-state index contributed by atoms with van der Waals surface area (Å²) in [5, 5.41) is 4.08. The fourth-order valence-electron chi connectivity index (χ4n) is 3.04. The summed E-state index contributed by atoms with van der Waals surface area (Å²) in [4.78, 5) is 14.4. The molecular weight excluding hydrogens is 314 g/mol. The van der Waals surface area contributed by atoms with Crippen LogP contribution < -0.4 is 10.3 Å². The number of benzene rings is 2. The van der Waals surface area contributed by atoms with Gasteiger partial charge in [0, 0.05) is 26.9 Å². The molecule has 0 aromatic heterocycles. The van der Waals surface area contributed by atoms with Gasteiger partial charge in [0.25, 0.3) is 0 Å². The Morgan fingerprint density at radius 2 is 1.88 bits per heavy atom. The highest BCUT2D eigenvalue weighted by Crippen LogP contribution is 2.54. The second-order valence-corrected chi connectivity index (χ2v) is 6.44. The molecule has 2 aromatic rings. The second kappa shape index (κ2) is 7.07. The third-order valence-corrected chi connectivity index (χ3v) is 4.65. The van der Waals surface area contributed by atoms with E-state index in [2.05, 4.69) is 10.5 Å². The molecular formula is C20H23N3O2. The normalized spacial score (nSPS) is 22.0. The van der Waals surface area contributed by atoms with E-state index in [0.29, 0.717) is 6.42 Å². The molecule has 1 amide bonds. The topological polar surface area (TPSA) is 53.9 Å². The van der Waals surface area contributed by atoms with Gasteiger partial charge in [0.05, 0.1) is 12.1 Å². The monoisotopic (exact) mass is 337 g/mol. The molecule has 0 radical (unpaired) electrons. The summed E-state index contributed by atoms with van der Waals surface area (Å²) in [6.07, 6.45) is 2.32. The first-order chi connectivity index (χ1) is 12.1. The number of anilines is 1. The fourth-order valence-corrected chi connectivity index (χ4v) is 3.04.